The summed E-state index contributed by atoms with van der Waals surface area (Å²) in [7, 11) is 0. The summed E-state index contributed by atoms with van der Waals surface area (Å²) in [5.41, 5.74) is 5.62. The van der Waals surface area contributed by atoms with Crippen molar-refractivity contribution in [2.24, 2.45) is 0 Å². The Labute approximate surface area is 132 Å². The molecule has 2 heterocycles. The average molecular weight is 302 g/mol. The predicted octanol–water partition coefficient (Wildman–Crippen LogP) is 3.03. The molecule has 0 fully saturated rings. The van der Waals surface area contributed by atoms with Gasteiger partial charge in [-0.1, -0.05) is 30.3 Å². The topological polar surface area (TPSA) is 72.3 Å². The third-order valence-electron chi connectivity index (χ3n) is 3.81. The number of aromatic amines is 1. The summed E-state index contributed by atoms with van der Waals surface area (Å²) in [6.45, 7) is 2.11. The number of hydrogen-bond acceptors (Lipinski definition) is 4. The number of nitrogens with one attached hydrogen (secondary N) is 1. The highest BCUT2D eigenvalue weighted by atomic mass is 15.5. The van der Waals surface area contributed by atoms with Crippen LogP contribution >= 0.6 is 0 Å². The maximum absolute atomic E-state index is 4.09. The summed E-state index contributed by atoms with van der Waals surface area (Å²) in [4.78, 5) is 4.09. The zero-order chi connectivity index (χ0) is 15.6. The van der Waals surface area contributed by atoms with Gasteiger partial charge in [0.05, 0.1) is 6.33 Å². The van der Waals surface area contributed by atoms with Gasteiger partial charge in [-0.25, -0.2) is 4.98 Å². The third-order valence-corrected chi connectivity index (χ3v) is 3.81. The minimum absolute atomic E-state index is 0.601. The van der Waals surface area contributed by atoms with Gasteiger partial charge in [0.2, 0.25) is 5.82 Å². The minimum atomic E-state index is 0.601. The van der Waals surface area contributed by atoms with Crippen LogP contribution in [0.5, 0.6) is 0 Å². The molecule has 6 heteroatoms. The number of imidazole rings is 1. The molecule has 2 aromatic heterocycles. The van der Waals surface area contributed by atoms with E-state index in [9.17, 15) is 0 Å². The molecule has 0 unspecified atom stereocenters. The van der Waals surface area contributed by atoms with E-state index < -0.39 is 0 Å². The fourth-order valence-electron chi connectivity index (χ4n) is 2.63. The second-order valence-electron chi connectivity index (χ2n) is 5.28. The number of benzene rings is 2. The van der Waals surface area contributed by atoms with Crippen molar-refractivity contribution in [3.63, 3.8) is 0 Å². The maximum atomic E-state index is 4.09. The lowest BCUT2D eigenvalue weighted by molar-refractivity contribution is 0.881. The predicted molar refractivity (Wildman–Crippen MR) is 86.9 cm³/mol. The van der Waals surface area contributed by atoms with E-state index in [-0.39, 0.29) is 0 Å². The Bertz CT molecular complexity index is 908. The van der Waals surface area contributed by atoms with Crippen molar-refractivity contribution in [2.75, 3.05) is 0 Å². The van der Waals surface area contributed by atoms with Crippen molar-refractivity contribution >= 4 is 0 Å². The lowest BCUT2D eigenvalue weighted by Crippen LogP contribution is -1.92. The van der Waals surface area contributed by atoms with E-state index >= 15 is 0 Å². The van der Waals surface area contributed by atoms with Crippen LogP contribution in [0.3, 0.4) is 0 Å². The van der Waals surface area contributed by atoms with Crippen LogP contribution in [0.4, 0.5) is 0 Å². The molecule has 0 atom stereocenters. The molecular formula is C17H14N6. The Kier molecular flexibility index (Phi) is 3.20. The zero-order valence-electron chi connectivity index (χ0n) is 12.5. The number of nitrogens with zero attached hydrogens (tertiary/aromatic N) is 5. The van der Waals surface area contributed by atoms with Gasteiger partial charge in [0.1, 0.15) is 0 Å². The standard InChI is InChI=1S/C17H14N6/c1-12-10-15(23-9-8-18-11-23)6-7-16(12)13-2-4-14(5-3-13)17-19-21-22-20-17/h2-11H,1H3,(H,19,20,21,22). The van der Waals surface area contributed by atoms with Crippen molar-refractivity contribution in [2.45, 2.75) is 6.92 Å². The summed E-state index contributed by atoms with van der Waals surface area (Å²) in [6.07, 6.45) is 5.52. The highest BCUT2D eigenvalue weighted by Gasteiger charge is 2.06. The molecule has 0 spiro atoms. The highest BCUT2D eigenvalue weighted by molar-refractivity contribution is 5.71. The quantitative estimate of drug-likeness (QED) is 0.631. The van der Waals surface area contributed by atoms with Crippen molar-refractivity contribution in [1.82, 2.24) is 30.2 Å². The van der Waals surface area contributed by atoms with E-state index in [2.05, 4.69) is 62.9 Å². The van der Waals surface area contributed by atoms with E-state index in [1.165, 1.54) is 11.1 Å². The SMILES string of the molecule is Cc1cc(-n2ccnc2)ccc1-c1ccc(-c2nn[nH]n2)cc1. The number of aryl methyl sites for hydroxylation is 1. The molecule has 4 rings (SSSR count). The van der Waals surface area contributed by atoms with E-state index in [4.69, 9.17) is 0 Å². The number of tetrazole rings is 1. The van der Waals surface area contributed by atoms with Gasteiger partial charge < -0.3 is 4.57 Å². The normalized spacial score (nSPS) is 10.8. The second-order valence-corrected chi connectivity index (χ2v) is 5.28. The fourth-order valence-corrected chi connectivity index (χ4v) is 2.63. The molecule has 6 nitrogen and oxygen atoms in total. The van der Waals surface area contributed by atoms with Crippen molar-refractivity contribution < 1.29 is 0 Å². The first-order valence-electron chi connectivity index (χ1n) is 7.24. The molecule has 0 aliphatic carbocycles. The van der Waals surface area contributed by atoms with Gasteiger partial charge in [-0.2, -0.15) is 5.21 Å². The van der Waals surface area contributed by atoms with Crippen LogP contribution in [0.1, 0.15) is 5.56 Å². The number of aromatic nitrogens is 6. The zero-order valence-corrected chi connectivity index (χ0v) is 12.5. The van der Waals surface area contributed by atoms with Crippen molar-refractivity contribution in [3.8, 4) is 28.2 Å². The third kappa shape index (κ3) is 2.50. The molecular weight excluding hydrogens is 288 g/mol. The molecule has 0 bridgehead atoms. The van der Waals surface area contributed by atoms with Crippen LogP contribution in [0.2, 0.25) is 0 Å². The summed E-state index contributed by atoms with van der Waals surface area (Å²) in [6, 6.07) is 14.5. The van der Waals surface area contributed by atoms with Crippen LogP contribution in [-0.2, 0) is 0 Å². The minimum Gasteiger partial charge on any atom is -0.306 e. The van der Waals surface area contributed by atoms with Gasteiger partial charge in [-0.3, -0.25) is 0 Å². The van der Waals surface area contributed by atoms with Gasteiger partial charge in [-0.15, -0.1) is 10.2 Å². The molecule has 23 heavy (non-hydrogen) atoms. The Morgan fingerprint density at radius 2 is 1.83 bits per heavy atom. The molecule has 0 saturated carbocycles. The average Bonchev–Trinajstić information content (AvgIpc) is 3.29. The van der Waals surface area contributed by atoms with E-state index in [0.29, 0.717) is 5.82 Å². The van der Waals surface area contributed by atoms with Crippen LogP contribution in [0, 0.1) is 6.92 Å². The molecule has 0 aliphatic rings. The van der Waals surface area contributed by atoms with Crippen molar-refractivity contribution in [1.29, 1.82) is 0 Å². The molecule has 2 aromatic carbocycles. The van der Waals surface area contributed by atoms with Crippen molar-refractivity contribution in [3.05, 3.63) is 66.7 Å². The monoisotopic (exact) mass is 302 g/mol. The van der Waals surface area contributed by atoms with Gasteiger partial charge in [-0.05, 0) is 41.0 Å². The maximum Gasteiger partial charge on any atom is 0.204 e. The van der Waals surface area contributed by atoms with Gasteiger partial charge in [0.25, 0.3) is 0 Å². The molecule has 112 valence electrons. The van der Waals surface area contributed by atoms with Gasteiger partial charge >= 0.3 is 0 Å². The first kappa shape index (κ1) is 13.4. The number of rotatable bonds is 3. The molecule has 4 aromatic rings. The summed E-state index contributed by atoms with van der Waals surface area (Å²) in [5.74, 6) is 0.601. The van der Waals surface area contributed by atoms with E-state index in [0.717, 1.165) is 16.8 Å². The van der Waals surface area contributed by atoms with Crippen LogP contribution < -0.4 is 0 Å². The van der Waals surface area contributed by atoms with Gasteiger partial charge in [0, 0.05) is 23.6 Å². The fraction of sp³-hybridized carbons (Fsp3) is 0.0588. The molecule has 1 N–H and O–H groups in total. The Hall–Kier alpha value is -3.28. The first-order valence-corrected chi connectivity index (χ1v) is 7.24. The molecule has 0 aliphatic heterocycles. The number of hydrogen-bond donors (Lipinski definition) is 1. The van der Waals surface area contributed by atoms with Crippen LogP contribution in [0.15, 0.2) is 61.2 Å². The molecule has 0 radical (unpaired) electrons. The lowest BCUT2D eigenvalue weighted by atomic mass is 9.99. The van der Waals surface area contributed by atoms with Gasteiger partial charge in [0.15, 0.2) is 0 Å². The highest BCUT2D eigenvalue weighted by Crippen LogP contribution is 2.27. The lowest BCUT2D eigenvalue weighted by Gasteiger charge is -2.10. The van der Waals surface area contributed by atoms with E-state index in [1.807, 2.05) is 22.9 Å². The summed E-state index contributed by atoms with van der Waals surface area (Å²) >= 11 is 0. The van der Waals surface area contributed by atoms with Crippen LogP contribution in [-0.4, -0.2) is 30.2 Å². The van der Waals surface area contributed by atoms with Crippen LogP contribution in [0.25, 0.3) is 28.2 Å². The summed E-state index contributed by atoms with van der Waals surface area (Å²) < 4.78 is 2.00. The largest absolute Gasteiger partial charge is 0.306 e. The Morgan fingerprint density at radius 1 is 1.00 bits per heavy atom. The Morgan fingerprint density at radius 3 is 2.48 bits per heavy atom. The number of H-pyrrole nitrogens is 1. The van der Waals surface area contributed by atoms with E-state index in [1.54, 1.807) is 12.5 Å². The second kappa shape index (κ2) is 5.49. The smallest absolute Gasteiger partial charge is 0.204 e. The summed E-state index contributed by atoms with van der Waals surface area (Å²) in [5, 5.41) is 14.0. The Balaban J connectivity index is 1.68. The molecule has 0 saturated heterocycles. The molecule has 0 amide bonds. The first-order chi connectivity index (χ1) is 11.3.